The first kappa shape index (κ1) is 17.0. The summed E-state index contributed by atoms with van der Waals surface area (Å²) in [6, 6.07) is 13.3. The van der Waals surface area contributed by atoms with Crippen molar-refractivity contribution in [1.29, 1.82) is 0 Å². The van der Waals surface area contributed by atoms with Crippen molar-refractivity contribution in [3.8, 4) is 0 Å². The number of fused-ring (bicyclic) bond motifs is 1. The van der Waals surface area contributed by atoms with Gasteiger partial charge >= 0.3 is 5.97 Å². The lowest BCUT2D eigenvalue weighted by Crippen LogP contribution is -2.33. The first-order valence-corrected chi connectivity index (χ1v) is 8.32. The molecule has 130 valence electrons. The Morgan fingerprint density at radius 2 is 1.88 bits per heavy atom. The van der Waals surface area contributed by atoms with Gasteiger partial charge in [-0.3, -0.25) is 14.4 Å². The van der Waals surface area contributed by atoms with Crippen molar-refractivity contribution in [3.63, 3.8) is 0 Å². The molecule has 0 spiro atoms. The van der Waals surface area contributed by atoms with Gasteiger partial charge in [-0.1, -0.05) is 30.3 Å². The molecule has 1 aliphatic rings. The summed E-state index contributed by atoms with van der Waals surface area (Å²) in [6.07, 6.45) is 0.663. The smallest absolute Gasteiger partial charge is 0.308 e. The highest BCUT2D eigenvalue weighted by atomic mass is 16.4. The maximum absolute atomic E-state index is 12.2. The Labute approximate surface area is 145 Å². The van der Waals surface area contributed by atoms with E-state index in [9.17, 15) is 14.4 Å². The highest BCUT2D eigenvalue weighted by molar-refractivity contribution is 5.98. The predicted molar refractivity (Wildman–Crippen MR) is 93.2 cm³/mol. The SMILES string of the molecule is O=C(NCCC(=O)N1CCC(C(=O)O)C1)c1ccc2ccccc2c1. The number of carbonyl (C=O) groups excluding carboxylic acids is 2. The summed E-state index contributed by atoms with van der Waals surface area (Å²) in [6.45, 7) is 0.958. The van der Waals surface area contributed by atoms with E-state index < -0.39 is 11.9 Å². The molecule has 0 saturated carbocycles. The van der Waals surface area contributed by atoms with E-state index in [-0.39, 0.29) is 31.3 Å². The van der Waals surface area contributed by atoms with Crippen LogP contribution in [0, 0.1) is 5.92 Å². The average molecular weight is 340 g/mol. The van der Waals surface area contributed by atoms with Gasteiger partial charge in [0.1, 0.15) is 0 Å². The molecule has 0 radical (unpaired) electrons. The Hall–Kier alpha value is -2.89. The van der Waals surface area contributed by atoms with Crippen LogP contribution in [0.15, 0.2) is 42.5 Å². The maximum Gasteiger partial charge on any atom is 0.308 e. The standard InChI is InChI=1S/C19H20N2O4/c22-17(21-10-8-16(12-21)19(24)25)7-9-20-18(23)15-6-5-13-3-1-2-4-14(13)11-15/h1-6,11,16H,7-10,12H2,(H,20,23)(H,24,25). The molecule has 1 atom stereocenters. The average Bonchev–Trinajstić information content (AvgIpc) is 3.11. The van der Waals surface area contributed by atoms with Gasteiger partial charge in [0.25, 0.3) is 5.91 Å². The third-order valence-corrected chi connectivity index (χ3v) is 4.53. The number of hydrogen-bond donors (Lipinski definition) is 2. The molecule has 2 amide bonds. The third kappa shape index (κ3) is 3.96. The Kier molecular flexibility index (Phi) is 4.97. The summed E-state index contributed by atoms with van der Waals surface area (Å²) < 4.78 is 0. The molecule has 2 N–H and O–H groups in total. The van der Waals surface area contributed by atoms with E-state index in [1.165, 1.54) is 0 Å². The van der Waals surface area contributed by atoms with Crippen LogP contribution >= 0.6 is 0 Å². The van der Waals surface area contributed by atoms with Crippen molar-refractivity contribution >= 4 is 28.6 Å². The van der Waals surface area contributed by atoms with Gasteiger partial charge in [0.2, 0.25) is 5.91 Å². The summed E-state index contributed by atoms with van der Waals surface area (Å²) in [5.41, 5.74) is 0.554. The van der Waals surface area contributed by atoms with Gasteiger partial charge in [-0.15, -0.1) is 0 Å². The minimum atomic E-state index is -0.861. The molecule has 1 heterocycles. The van der Waals surface area contributed by atoms with Crippen LogP contribution in [-0.2, 0) is 9.59 Å². The zero-order chi connectivity index (χ0) is 17.8. The number of benzene rings is 2. The van der Waals surface area contributed by atoms with Gasteiger partial charge in [0.05, 0.1) is 5.92 Å². The van der Waals surface area contributed by atoms with E-state index in [1.54, 1.807) is 11.0 Å². The van der Waals surface area contributed by atoms with Gasteiger partial charge in [-0.25, -0.2) is 0 Å². The highest BCUT2D eigenvalue weighted by Gasteiger charge is 2.30. The van der Waals surface area contributed by atoms with E-state index in [1.807, 2.05) is 36.4 Å². The lowest BCUT2D eigenvalue weighted by molar-refractivity contribution is -0.141. The Balaban J connectivity index is 1.50. The van der Waals surface area contributed by atoms with Gasteiger partial charge in [-0.2, -0.15) is 0 Å². The monoisotopic (exact) mass is 340 g/mol. The number of nitrogens with zero attached hydrogens (tertiary/aromatic N) is 1. The molecule has 0 aromatic heterocycles. The Morgan fingerprint density at radius 3 is 2.60 bits per heavy atom. The van der Waals surface area contributed by atoms with Crippen LogP contribution in [0.3, 0.4) is 0 Å². The number of rotatable bonds is 5. The fraction of sp³-hybridized carbons (Fsp3) is 0.316. The van der Waals surface area contributed by atoms with Gasteiger partial charge < -0.3 is 15.3 Å². The zero-order valence-corrected chi connectivity index (χ0v) is 13.8. The summed E-state index contributed by atoms with van der Waals surface area (Å²) in [4.78, 5) is 36.8. The van der Waals surface area contributed by atoms with Gasteiger partial charge in [0, 0.05) is 31.6 Å². The first-order chi connectivity index (χ1) is 12.0. The number of carboxylic acids is 1. The molecule has 0 aliphatic carbocycles. The molecule has 1 saturated heterocycles. The van der Waals surface area contributed by atoms with E-state index in [2.05, 4.69) is 5.32 Å². The summed E-state index contributed by atoms with van der Waals surface area (Å²) in [7, 11) is 0. The molecule has 1 fully saturated rings. The van der Waals surface area contributed by atoms with Crippen LogP contribution in [0.5, 0.6) is 0 Å². The molecule has 0 bridgehead atoms. The van der Waals surface area contributed by atoms with Crippen molar-refractivity contribution in [2.75, 3.05) is 19.6 Å². The van der Waals surface area contributed by atoms with Crippen molar-refractivity contribution < 1.29 is 19.5 Å². The van der Waals surface area contributed by atoms with Crippen LogP contribution in [0.2, 0.25) is 0 Å². The molecular formula is C19H20N2O4. The molecule has 3 rings (SSSR count). The molecule has 1 aliphatic heterocycles. The minimum Gasteiger partial charge on any atom is -0.481 e. The number of carboxylic acid groups (broad SMARTS) is 1. The quantitative estimate of drug-likeness (QED) is 0.870. The second-order valence-electron chi connectivity index (χ2n) is 6.23. The predicted octanol–water partition coefficient (Wildman–Crippen LogP) is 1.89. The topological polar surface area (TPSA) is 86.7 Å². The number of likely N-dealkylation sites (tertiary alicyclic amines) is 1. The molecule has 2 aromatic carbocycles. The fourth-order valence-corrected chi connectivity index (χ4v) is 3.06. The van der Waals surface area contributed by atoms with E-state index in [4.69, 9.17) is 5.11 Å². The van der Waals surface area contributed by atoms with E-state index >= 15 is 0 Å². The zero-order valence-electron chi connectivity index (χ0n) is 13.8. The van der Waals surface area contributed by atoms with E-state index in [0.717, 1.165) is 10.8 Å². The van der Waals surface area contributed by atoms with Crippen LogP contribution in [0.4, 0.5) is 0 Å². The lowest BCUT2D eigenvalue weighted by Gasteiger charge is -2.16. The molecule has 6 heteroatoms. The Bertz CT molecular complexity index is 818. The second kappa shape index (κ2) is 7.34. The van der Waals surface area contributed by atoms with Crippen molar-refractivity contribution in [3.05, 3.63) is 48.0 Å². The number of carbonyl (C=O) groups is 3. The maximum atomic E-state index is 12.2. The van der Waals surface area contributed by atoms with Crippen molar-refractivity contribution in [2.45, 2.75) is 12.8 Å². The molecule has 25 heavy (non-hydrogen) atoms. The van der Waals surface area contributed by atoms with E-state index in [0.29, 0.717) is 18.5 Å². The van der Waals surface area contributed by atoms with Gasteiger partial charge in [-0.05, 0) is 29.3 Å². The second-order valence-corrected chi connectivity index (χ2v) is 6.23. The van der Waals surface area contributed by atoms with Crippen LogP contribution < -0.4 is 5.32 Å². The Morgan fingerprint density at radius 1 is 1.12 bits per heavy atom. The summed E-state index contributed by atoms with van der Waals surface area (Å²) in [5.74, 6) is -1.68. The number of hydrogen-bond acceptors (Lipinski definition) is 3. The molecule has 2 aromatic rings. The fourth-order valence-electron chi connectivity index (χ4n) is 3.06. The number of amides is 2. The molecular weight excluding hydrogens is 320 g/mol. The third-order valence-electron chi connectivity index (χ3n) is 4.53. The lowest BCUT2D eigenvalue weighted by atomic mass is 10.1. The van der Waals surface area contributed by atoms with Crippen LogP contribution in [0.25, 0.3) is 10.8 Å². The minimum absolute atomic E-state index is 0.123. The number of aliphatic carboxylic acids is 1. The van der Waals surface area contributed by atoms with Crippen LogP contribution in [0.1, 0.15) is 23.2 Å². The molecule has 1 unspecified atom stereocenters. The summed E-state index contributed by atoms with van der Waals surface area (Å²) >= 11 is 0. The highest BCUT2D eigenvalue weighted by Crippen LogP contribution is 2.17. The molecule has 6 nitrogen and oxygen atoms in total. The normalized spacial score (nSPS) is 16.8. The largest absolute Gasteiger partial charge is 0.481 e. The van der Waals surface area contributed by atoms with Crippen LogP contribution in [-0.4, -0.2) is 47.4 Å². The first-order valence-electron chi connectivity index (χ1n) is 8.32. The number of nitrogens with one attached hydrogen (secondary N) is 1. The van der Waals surface area contributed by atoms with Crippen molar-refractivity contribution in [2.24, 2.45) is 5.92 Å². The van der Waals surface area contributed by atoms with Crippen molar-refractivity contribution in [1.82, 2.24) is 10.2 Å². The summed E-state index contributed by atoms with van der Waals surface area (Å²) in [5, 5.41) is 13.8. The van der Waals surface area contributed by atoms with Gasteiger partial charge in [0.15, 0.2) is 0 Å².